The predicted molar refractivity (Wildman–Crippen MR) is 132 cm³/mol. The van der Waals surface area contributed by atoms with Gasteiger partial charge in [-0.15, -0.1) is 0 Å². The molecule has 1 fully saturated rings. The molecule has 3 aromatic carbocycles. The van der Waals surface area contributed by atoms with Crippen molar-refractivity contribution in [2.24, 2.45) is 5.92 Å². The van der Waals surface area contributed by atoms with Crippen molar-refractivity contribution in [2.75, 3.05) is 0 Å². The number of hydrogen-bond acceptors (Lipinski definition) is 3. The molecule has 4 nitrogen and oxygen atoms in total. The average molecular weight is 460 g/mol. The molecule has 0 unspecified atom stereocenters. The van der Waals surface area contributed by atoms with Crippen LogP contribution in [0.15, 0.2) is 95.9 Å². The summed E-state index contributed by atoms with van der Waals surface area (Å²) in [4.78, 5) is 14.0. The highest BCUT2D eigenvalue weighted by molar-refractivity contribution is 7.89. The number of benzene rings is 3. The maximum atomic E-state index is 13.8. The van der Waals surface area contributed by atoms with Gasteiger partial charge in [-0.05, 0) is 42.5 Å². The van der Waals surface area contributed by atoms with Crippen LogP contribution in [0.5, 0.6) is 0 Å². The minimum Gasteiger partial charge on any atom is -0.273 e. The van der Waals surface area contributed by atoms with E-state index in [1.165, 1.54) is 0 Å². The fourth-order valence-corrected chi connectivity index (χ4v) is 6.31. The number of β-lactam (4-membered cyclic amide) rings is 1. The van der Waals surface area contributed by atoms with Gasteiger partial charge >= 0.3 is 0 Å². The molecular weight excluding hydrogens is 430 g/mol. The van der Waals surface area contributed by atoms with E-state index < -0.39 is 21.5 Å². The normalized spacial score (nSPS) is 20.9. The van der Waals surface area contributed by atoms with Crippen LogP contribution in [0.4, 0.5) is 0 Å². The molecule has 1 amide bonds. The summed E-state index contributed by atoms with van der Waals surface area (Å²) in [6.07, 6.45) is 4.34. The van der Waals surface area contributed by atoms with Gasteiger partial charge in [-0.3, -0.25) is 4.79 Å². The van der Waals surface area contributed by atoms with Crippen molar-refractivity contribution >= 4 is 22.0 Å². The van der Waals surface area contributed by atoms with E-state index in [0.29, 0.717) is 6.42 Å². The number of carbonyl (C=O) groups is 1. The zero-order chi connectivity index (χ0) is 23.6. The highest BCUT2D eigenvalue weighted by Gasteiger charge is 2.64. The molecule has 0 spiro atoms. The first-order valence-electron chi connectivity index (χ1n) is 11.2. The molecule has 0 saturated carbocycles. The molecule has 1 saturated heterocycles. The molecule has 0 aliphatic carbocycles. The summed E-state index contributed by atoms with van der Waals surface area (Å²) in [7, 11) is -4.00. The Balaban J connectivity index is 1.85. The molecule has 0 N–H and O–H groups in total. The minimum atomic E-state index is -4.00. The van der Waals surface area contributed by atoms with Gasteiger partial charge in [0, 0.05) is 0 Å². The monoisotopic (exact) mass is 459 g/mol. The van der Waals surface area contributed by atoms with Crippen LogP contribution in [-0.2, 0) is 20.2 Å². The van der Waals surface area contributed by atoms with Crippen LogP contribution in [0, 0.1) is 12.8 Å². The molecule has 0 radical (unpaired) electrons. The first kappa shape index (κ1) is 23.0. The van der Waals surface area contributed by atoms with Gasteiger partial charge in [0.15, 0.2) is 0 Å². The second-order valence-electron chi connectivity index (χ2n) is 9.07. The highest BCUT2D eigenvalue weighted by Crippen LogP contribution is 2.50. The largest absolute Gasteiger partial charge is 0.273 e. The molecule has 2 atom stereocenters. The summed E-state index contributed by atoms with van der Waals surface area (Å²) in [5.41, 5.74) is 1.83. The second-order valence-corrected chi connectivity index (χ2v) is 10.9. The van der Waals surface area contributed by atoms with Crippen LogP contribution in [0.1, 0.15) is 37.0 Å². The van der Waals surface area contributed by atoms with Gasteiger partial charge in [0.2, 0.25) is 5.91 Å². The lowest BCUT2D eigenvalue weighted by atomic mass is 9.63. The molecule has 33 heavy (non-hydrogen) atoms. The Morgan fingerprint density at radius 2 is 1.48 bits per heavy atom. The Kier molecular flexibility index (Phi) is 6.26. The number of nitrogens with zero attached hydrogens (tertiary/aromatic N) is 1. The first-order valence-corrected chi connectivity index (χ1v) is 12.6. The van der Waals surface area contributed by atoms with Gasteiger partial charge in [-0.2, -0.15) is 0 Å². The first-order chi connectivity index (χ1) is 15.8. The number of carbonyl (C=O) groups excluding carboxylic acids is 1. The van der Waals surface area contributed by atoms with Gasteiger partial charge in [-0.25, -0.2) is 12.7 Å². The van der Waals surface area contributed by atoms with E-state index in [1.54, 1.807) is 24.3 Å². The molecule has 0 aromatic heterocycles. The number of rotatable bonds is 7. The van der Waals surface area contributed by atoms with Crippen molar-refractivity contribution in [3.8, 4) is 0 Å². The van der Waals surface area contributed by atoms with Gasteiger partial charge < -0.3 is 0 Å². The van der Waals surface area contributed by atoms with Crippen molar-refractivity contribution in [1.29, 1.82) is 0 Å². The summed E-state index contributed by atoms with van der Waals surface area (Å²) in [6, 6.07) is 25.3. The van der Waals surface area contributed by atoms with E-state index in [1.807, 2.05) is 79.7 Å². The Labute approximate surface area is 196 Å². The fourth-order valence-electron chi connectivity index (χ4n) is 4.67. The highest BCUT2D eigenvalue weighted by atomic mass is 32.2. The number of amides is 1. The fraction of sp³-hybridized carbons (Fsp3) is 0.250. The number of aryl methyl sites for hydroxylation is 1. The lowest BCUT2D eigenvalue weighted by Crippen LogP contribution is -2.72. The third-order valence-electron chi connectivity index (χ3n) is 6.21. The van der Waals surface area contributed by atoms with E-state index in [9.17, 15) is 13.2 Å². The molecule has 1 aliphatic heterocycles. The van der Waals surface area contributed by atoms with Gasteiger partial charge in [0.05, 0.1) is 10.9 Å². The van der Waals surface area contributed by atoms with E-state index in [0.717, 1.165) is 21.0 Å². The van der Waals surface area contributed by atoms with E-state index in [4.69, 9.17) is 0 Å². The van der Waals surface area contributed by atoms with E-state index in [-0.39, 0.29) is 16.7 Å². The van der Waals surface area contributed by atoms with Crippen LogP contribution in [0.2, 0.25) is 0 Å². The molecule has 1 aliphatic rings. The van der Waals surface area contributed by atoms with Gasteiger partial charge in [0.25, 0.3) is 10.0 Å². The zero-order valence-corrected chi connectivity index (χ0v) is 20.0. The smallest absolute Gasteiger partial charge is 0.267 e. The molecule has 4 rings (SSSR count). The lowest BCUT2D eigenvalue weighted by Gasteiger charge is -2.55. The summed E-state index contributed by atoms with van der Waals surface area (Å²) < 4.78 is 28.3. The van der Waals surface area contributed by atoms with Gasteiger partial charge in [-0.1, -0.05) is 104 Å². The zero-order valence-electron chi connectivity index (χ0n) is 19.2. The summed E-state index contributed by atoms with van der Waals surface area (Å²) >= 11 is 0. The quantitative estimate of drug-likeness (QED) is 0.433. The van der Waals surface area contributed by atoms with Crippen molar-refractivity contribution in [3.05, 3.63) is 108 Å². The average Bonchev–Trinajstić information content (AvgIpc) is 2.81. The maximum Gasteiger partial charge on any atom is 0.267 e. The van der Waals surface area contributed by atoms with Crippen LogP contribution in [0.3, 0.4) is 0 Å². The van der Waals surface area contributed by atoms with Crippen molar-refractivity contribution in [1.82, 2.24) is 4.31 Å². The Morgan fingerprint density at radius 1 is 0.909 bits per heavy atom. The summed E-state index contributed by atoms with van der Waals surface area (Å²) in [5.74, 6) is -0.170. The van der Waals surface area contributed by atoms with E-state index >= 15 is 0 Å². The Morgan fingerprint density at radius 3 is 2.06 bits per heavy atom. The SMILES string of the molecule is Cc1ccc(S(=O)(=O)N2C(=O)[C@@](CC(C)C)(c3ccccc3)[C@H]2/C=C/c2ccccc2)cc1. The van der Waals surface area contributed by atoms with Crippen molar-refractivity contribution < 1.29 is 13.2 Å². The van der Waals surface area contributed by atoms with Crippen molar-refractivity contribution in [3.63, 3.8) is 0 Å². The molecule has 5 heteroatoms. The van der Waals surface area contributed by atoms with Crippen LogP contribution in [0.25, 0.3) is 6.08 Å². The molecule has 1 heterocycles. The third kappa shape index (κ3) is 4.13. The summed E-state index contributed by atoms with van der Waals surface area (Å²) in [5, 5.41) is 0. The molecular formula is C28H29NO3S. The Bertz CT molecular complexity index is 1250. The molecule has 0 bridgehead atoms. The standard InChI is InChI=1S/C28H29NO3S/c1-21(2)20-28(24-12-8-5-9-13-24)26(19-16-23-10-6-4-7-11-23)29(27(28)30)33(31,32)25-17-14-22(3)15-18-25/h4-19,21,26H,20H2,1-3H3/b19-16+/t26-,28+/m1/s1. The van der Waals surface area contributed by atoms with Gasteiger partial charge in [0.1, 0.15) is 5.41 Å². The molecule has 3 aromatic rings. The minimum absolute atomic E-state index is 0.130. The topological polar surface area (TPSA) is 54.5 Å². The molecule has 170 valence electrons. The number of hydrogen-bond donors (Lipinski definition) is 0. The third-order valence-corrected chi connectivity index (χ3v) is 7.99. The van der Waals surface area contributed by atoms with Crippen LogP contribution in [-0.4, -0.2) is 24.7 Å². The number of sulfonamides is 1. The van der Waals surface area contributed by atoms with Crippen LogP contribution >= 0.6 is 0 Å². The lowest BCUT2D eigenvalue weighted by molar-refractivity contribution is -0.149. The summed E-state index contributed by atoms with van der Waals surface area (Å²) in [6.45, 7) is 6.03. The Hall–Kier alpha value is -3.18. The second kappa shape index (κ2) is 8.99. The van der Waals surface area contributed by atoms with E-state index in [2.05, 4.69) is 13.8 Å². The van der Waals surface area contributed by atoms with Crippen LogP contribution < -0.4 is 0 Å². The predicted octanol–water partition coefficient (Wildman–Crippen LogP) is 5.59. The maximum absolute atomic E-state index is 13.8. The van der Waals surface area contributed by atoms with Crippen molar-refractivity contribution in [2.45, 2.75) is 43.5 Å².